The fourth-order valence-corrected chi connectivity index (χ4v) is 4.09. The van der Waals surface area contributed by atoms with E-state index in [0.29, 0.717) is 30.3 Å². The second kappa shape index (κ2) is 8.37. The molecule has 0 aromatic carbocycles. The Morgan fingerprint density at radius 3 is 2.90 bits per heavy atom. The molecule has 0 bridgehead atoms. The van der Waals surface area contributed by atoms with Crippen molar-refractivity contribution in [3.05, 3.63) is 52.7 Å². The first-order valence-electron chi connectivity index (χ1n) is 10.3. The van der Waals surface area contributed by atoms with Crippen LogP contribution in [-0.4, -0.2) is 46.2 Å². The van der Waals surface area contributed by atoms with E-state index in [1.807, 2.05) is 10.5 Å². The third-order valence-corrected chi connectivity index (χ3v) is 5.80. The standard InChI is InChI=1S/C22H26F2N4O3/c1-4-15(24)18-17(10-23)31-8-7-22(18,2)27-21(29)19-20-26-14(11-30-3)9-16(13-5-6-13)28(20)12-25-19/h4,9,12-13H,5-8,10-11H2,1-3H3,(H,27,29)/b15-4+. The molecule has 1 atom stereocenters. The van der Waals surface area contributed by atoms with Gasteiger partial charge in [0.2, 0.25) is 0 Å². The van der Waals surface area contributed by atoms with E-state index in [1.54, 1.807) is 20.4 Å². The fraction of sp³-hybridized carbons (Fsp3) is 0.500. The average molecular weight is 432 g/mol. The molecule has 1 aliphatic heterocycles. The summed E-state index contributed by atoms with van der Waals surface area (Å²) in [7, 11) is 1.59. The van der Waals surface area contributed by atoms with Gasteiger partial charge in [-0.05, 0) is 38.7 Å². The van der Waals surface area contributed by atoms with Crippen LogP contribution in [0.25, 0.3) is 5.65 Å². The van der Waals surface area contributed by atoms with E-state index in [1.165, 1.54) is 13.0 Å². The van der Waals surface area contributed by atoms with E-state index in [0.717, 1.165) is 18.5 Å². The quantitative estimate of drug-likeness (QED) is 0.721. The predicted molar refractivity (Wildman–Crippen MR) is 110 cm³/mol. The Labute approximate surface area is 179 Å². The van der Waals surface area contributed by atoms with Crippen molar-refractivity contribution in [2.75, 3.05) is 20.4 Å². The van der Waals surface area contributed by atoms with Gasteiger partial charge in [-0.2, -0.15) is 0 Å². The average Bonchev–Trinajstić information content (AvgIpc) is 3.51. The lowest BCUT2D eigenvalue weighted by Gasteiger charge is -2.37. The van der Waals surface area contributed by atoms with Gasteiger partial charge >= 0.3 is 0 Å². The number of rotatable bonds is 7. The number of aromatic nitrogens is 3. The van der Waals surface area contributed by atoms with Crippen LogP contribution in [0.15, 0.2) is 35.6 Å². The van der Waals surface area contributed by atoms with Crippen molar-refractivity contribution in [3.63, 3.8) is 0 Å². The van der Waals surface area contributed by atoms with Crippen molar-refractivity contribution in [3.8, 4) is 0 Å². The zero-order valence-electron chi connectivity index (χ0n) is 17.9. The number of carbonyl (C=O) groups is 1. The number of allylic oxidation sites excluding steroid dienone is 2. The summed E-state index contributed by atoms with van der Waals surface area (Å²) in [4.78, 5) is 22.1. The Morgan fingerprint density at radius 1 is 1.48 bits per heavy atom. The molecule has 2 aromatic rings. The zero-order valence-corrected chi connectivity index (χ0v) is 17.9. The third-order valence-electron chi connectivity index (χ3n) is 5.80. The number of fused-ring (bicyclic) bond motifs is 1. The van der Waals surface area contributed by atoms with Gasteiger partial charge in [0.05, 0.1) is 30.0 Å². The van der Waals surface area contributed by atoms with Crippen molar-refractivity contribution in [1.29, 1.82) is 0 Å². The number of methoxy groups -OCH3 is 1. The van der Waals surface area contributed by atoms with E-state index in [4.69, 9.17) is 9.47 Å². The Balaban J connectivity index is 1.73. The molecule has 166 valence electrons. The second-order valence-electron chi connectivity index (χ2n) is 8.12. The van der Waals surface area contributed by atoms with Crippen LogP contribution in [0.1, 0.15) is 60.9 Å². The van der Waals surface area contributed by atoms with Crippen molar-refractivity contribution in [2.45, 2.75) is 51.2 Å². The lowest BCUT2D eigenvalue weighted by atomic mass is 9.84. The summed E-state index contributed by atoms with van der Waals surface area (Å²) in [5.74, 6) is -0.822. The Bertz CT molecular complexity index is 1070. The molecule has 4 rings (SSSR count). The lowest BCUT2D eigenvalue weighted by molar-refractivity contribution is 0.0851. The molecule has 31 heavy (non-hydrogen) atoms. The predicted octanol–water partition coefficient (Wildman–Crippen LogP) is 3.76. The molecule has 0 spiro atoms. The molecule has 1 amide bonds. The van der Waals surface area contributed by atoms with Crippen LogP contribution in [0.5, 0.6) is 0 Å². The van der Waals surface area contributed by atoms with Gasteiger partial charge < -0.3 is 14.8 Å². The minimum absolute atomic E-state index is 0.0207. The SMILES string of the molecule is C/C=C(/F)C1=C(CF)OCCC1(C)NC(=O)c1ncn2c(C3CC3)cc(COC)nc12. The number of amides is 1. The van der Waals surface area contributed by atoms with E-state index in [-0.39, 0.29) is 23.6 Å². The van der Waals surface area contributed by atoms with E-state index in [9.17, 15) is 13.6 Å². The normalized spacial score (nSPS) is 22.0. The molecule has 0 radical (unpaired) electrons. The minimum Gasteiger partial charge on any atom is -0.495 e. The first-order chi connectivity index (χ1) is 14.9. The number of imidazole rings is 1. The van der Waals surface area contributed by atoms with Crippen LogP contribution in [0.4, 0.5) is 8.78 Å². The minimum atomic E-state index is -1.15. The topological polar surface area (TPSA) is 77.8 Å². The molecule has 3 heterocycles. The van der Waals surface area contributed by atoms with Crippen molar-refractivity contribution in [1.82, 2.24) is 19.7 Å². The second-order valence-corrected chi connectivity index (χ2v) is 8.12. The lowest BCUT2D eigenvalue weighted by Crippen LogP contribution is -2.51. The Hall–Kier alpha value is -2.81. The van der Waals surface area contributed by atoms with Gasteiger partial charge in [0.15, 0.2) is 11.3 Å². The summed E-state index contributed by atoms with van der Waals surface area (Å²) in [5, 5.41) is 2.86. The van der Waals surface area contributed by atoms with Gasteiger partial charge in [-0.1, -0.05) is 6.08 Å². The number of hydrogen-bond donors (Lipinski definition) is 1. The van der Waals surface area contributed by atoms with Gasteiger partial charge in [0.25, 0.3) is 5.91 Å². The number of carbonyl (C=O) groups excluding carboxylic acids is 1. The molecular formula is C22H26F2N4O3. The van der Waals surface area contributed by atoms with Crippen LogP contribution in [0, 0.1) is 0 Å². The number of hydrogen-bond acceptors (Lipinski definition) is 5. The Kier molecular flexibility index (Phi) is 5.79. The van der Waals surface area contributed by atoms with Gasteiger partial charge in [0, 0.05) is 19.2 Å². The summed E-state index contributed by atoms with van der Waals surface area (Å²) in [6.45, 7) is 2.71. The highest BCUT2D eigenvalue weighted by Crippen LogP contribution is 2.40. The van der Waals surface area contributed by atoms with Crippen LogP contribution in [0.3, 0.4) is 0 Å². The monoisotopic (exact) mass is 432 g/mol. The summed E-state index contributed by atoms with van der Waals surface area (Å²) < 4.78 is 40.5. The molecule has 1 saturated carbocycles. The smallest absolute Gasteiger partial charge is 0.274 e. The van der Waals surface area contributed by atoms with Crippen molar-refractivity contribution >= 4 is 11.6 Å². The highest BCUT2D eigenvalue weighted by Gasteiger charge is 2.40. The largest absolute Gasteiger partial charge is 0.495 e. The summed E-state index contributed by atoms with van der Waals surface area (Å²) in [6, 6.07) is 1.98. The fourth-order valence-electron chi connectivity index (χ4n) is 4.09. The summed E-state index contributed by atoms with van der Waals surface area (Å²) in [5.41, 5.74) is 1.19. The first kappa shape index (κ1) is 21.4. The maximum absolute atomic E-state index is 14.6. The molecule has 1 N–H and O–H groups in total. The van der Waals surface area contributed by atoms with Crippen molar-refractivity contribution < 1.29 is 23.0 Å². The number of alkyl halides is 1. The summed E-state index contributed by atoms with van der Waals surface area (Å²) in [6.07, 6.45) is 5.26. The number of halogens is 2. The van der Waals surface area contributed by atoms with Crippen LogP contribution in [0.2, 0.25) is 0 Å². The summed E-state index contributed by atoms with van der Waals surface area (Å²) >= 11 is 0. The molecule has 9 heteroatoms. The van der Waals surface area contributed by atoms with Crippen molar-refractivity contribution in [2.24, 2.45) is 0 Å². The molecule has 1 unspecified atom stereocenters. The van der Waals surface area contributed by atoms with Gasteiger partial charge in [0.1, 0.15) is 24.6 Å². The maximum Gasteiger partial charge on any atom is 0.274 e. The molecule has 7 nitrogen and oxygen atoms in total. The molecule has 2 aliphatic rings. The maximum atomic E-state index is 14.6. The zero-order chi connectivity index (χ0) is 22.2. The molecule has 1 aliphatic carbocycles. The molecule has 0 saturated heterocycles. The van der Waals surface area contributed by atoms with Crippen LogP contribution < -0.4 is 5.32 Å². The number of nitrogens with one attached hydrogen (secondary N) is 1. The van der Waals surface area contributed by atoms with E-state index >= 15 is 0 Å². The Morgan fingerprint density at radius 2 is 2.26 bits per heavy atom. The molecule has 1 fully saturated rings. The molecule has 2 aromatic heterocycles. The highest BCUT2D eigenvalue weighted by molar-refractivity contribution is 5.98. The van der Waals surface area contributed by atoms with E-state index < -0.39 is 23.9 Å². The van der Waals surface area contributed by atoms with Gasteiger partial charge in [-0.15, -0.1) is 0 Å². The van der Waals surface area contributed by atoms with Gasteiger partial charge in [-0.25, -0.2) is 18.7 Å². The highest BCUT2D eigenvalue weighted by atomic mass is 19.1. The van der Waals surface area contributed by atoms with Crippen LogP contribution in [-0.2, 0) is 16.1 Å². The van der Waals surface area contributed by atoms with Gasteiger partial charge in [-0.3, -0.25) is 9.20 Å². The first-order valence-corrected chi connectivity index (χ1v) is 10.3. The number of nitrogens with zero attached hydrogens (tertiary/aromatic N) is 3. The third kappa shape index (κ3) is 3.94. The van der Waals surface area contributed by atoms with Crippen LogP contribution >= 0.6 is 0 Å². The molecular weight excluding hydrogens is 406 g/mol. The van der Waals surface area contributed by atoms with E-state index in [2.05, 4.69) is 15.3 Å². The number of ether oxygens (including phenoxy) is 2.